The quantitative estimate of drug-likeness (QED) is 0.654. The van der Waals surface area contributed by atoms with Gasteiger partial charge in [0.25, 0.3) is 6.43 Å². The second-order valence-electron chi connectivity index (χ2n) is 3.47. The summed E-state index contributed by atoms with van der Waals surface area (Å²) in [5.41, 5.74) is 0. The van der Waals surface area contributed by atoms with Crippen LogP contribution in [0.4, 0.5) is 8.78 Å². The Kier molecular flexibility index (Phi) is 5.02. The molecule has 0 amide bonds. The smallest absolute Gasteiger partial charge is 0.242 e. The highest BCUT2D eigenvalue weighted by Gasteiger charge is 2.22. The lowest BCUT2D eigenvalue weighted by Crippen LogP contribution is -2.34. The second kappa shape index (κ2) is 5.81. The molecule has 1 saturated carbocycles. The van der Waals surface area contributed by atoms with Gasteiger partial charge in [-0.1, -0.05) is 31.2 Å². The van der Waals surface area contributed by atoms with Crippen molar-refractivity contribution >= 4 is 11.9 Å². The molecule has 0 spiro atoms. The summed E-state index contributed by atoms with van der Waals surface area (Å²) in [5, 5.41) is 0. The minimum atomic E-state index is -2.20. The van der Waals surface area contributed by atoms with E-state index in [9.17, 15) is 8.78 Å². The van der Waals surface area contributed by atoms with Gasteiger partial charge in [-0.25, -0.2) is 13.1 Å². The first-order valence-corrected chi connectivity index (χ1v) is 6.01. The van der Waals surface area contributed by atoms with E-state index in [1.165, 1.54) is 31.2 Å². The molecule has 0 saturated heterocycles. The molecule has 0 heterocycles. The van der Waals surface area contributed by atoms with Gasteiger partial charge < -0.3 is 0 Å². The Morgan fingerprint density at radius 1 is 1.31 bits per heavy atom. The molecule has 0 radical (unpaired) electrons. The largest absolute Gasteiger partial charge is 0.252 e. The Balaban J connectivity index is 2.34. The molecule has 78 valence electrons. The Hall–Kier alpha value is 0.170. The van der Waals surface area contributed by atoms with Crippen LogP contribution in [0.25, 0.3) is 0 Å². The second-order valence-corrected chi connectivity index (χ2v) is 4.30. The number of halogens is 2. The van der Waals surface area contributed by atoms with Gasteiger partial charge in [-0.05, 0) is 19.1 Å². The first-order chi connectivity index (χ1) is 6.24. The average Bonchev–Trinajstić information content (AvgIpc) is 2.15. The van der Waals surface area contributed by atoms with Gasteiger partial charge in [0.05, 0.1) is 6.54 Å². The van der Waals surface area contributed by atoms with Crippen molar-refractivity contribution in [2.45, 2.75) is 44.6 Å². The maximum atomic E-state index is 12.2. The van der Waals surface area contributed by atoms with E-state index >= 15 is 0 Å². The van der Waals surface area contributed by atoms with Crippen molar-refractivity contribution in [2.75, 3.05) is 12.8 Å². The Bertz CT molecular complexity index is 138. The van der Waals surface area contributed by atoms with E-state index in [1.54, 1.807) is 0 Å². The van der Waals surface area contributed by atoms with Crippen molar-refractivity contribution in [3.63, 3.8) is 0 Å². The summed E-state index contributed by atoms with van der Waals surface area (Å²) >= 11 is 1.46. The average molecular weight is 209 g/mol. The highest BCUT2D eigenvalue weighted by molar-refractivity contribution is 7.96. The lowest BCUT2D eigenvalue weighted by Gasteiger charge is -2.31. The van der Waals surface area contributed by atoms with Crippen molar-refractivity contribution in [2.24, 2.45) is 0 Å². The van der Waals surface area contributed by atoms with Crippen molar-refractivity contribution in [3.05, 3.63) is 0 Å². The number of rotatable bonds is 4. The Morgan fingerprint density at radius 2 is 1.92 bits per heavy atom. The minimum absolute atomic E-state index is 0.0775. The van der Waals surface area contributed by atoms with Crippen molar-refractivity contribution in [1.82, 2.24) is 4.31 Å². The van der Waals surface area contributed by atoms with Gasteiger partial charge in [-0.3, -0.25) is 0 Å². The molecule has 0 atom stereocenters. The fourth-order valence-corrected chi connectivity index (χ4v) is 2.65. The fraction of sp³-hybridized carbons (Fsp3) is 1.00. The molecule has 1 aliphatic carbocycles. The molecule has 1 nitrogen and oxygen atoms in total. The number of hydrogen-bond donors (Lipinski definition) is 0. The highest BCUT2D eigenvalue weighted by Crippen LogP contribution is 2.26. The van der Waals surface area contributed by atoms with Gasteiger partial charge in [0.2, 0.25) is 0 Å². The predicted octanol–water partition coefficient (Wildman–Crippen LogP) is 3.16. The molecule has 0 aromatic heterocycles. The summed E-state index contributed by atoms with van der Waals surface area (Å²) in [6, 6.07) is 0.387. The van der Waals surface area contributed by atoms with Crippen molar-refractivity contribution in [1.29, 1.82) is 0 Å². The van der Waals surface area contributed by atoms with E-state index in [0.717, 1.165) is 12.8 Å². The molecule has 13 heavy (non-hydrogen) atoms. The Labute approximate surface area is 83.0 Å². The van der Waals surface area contributed by atoms with Gasteiger partial charge in [-0.15, -0.1) is 0 Å². The molecule has 4 heteroatoms. The molecule has 1 aliphatic rings. The van der Waals surface area contributed by atoms with Gasteiger partial charge in [-0.2, -0.15) is 0 Å². The highest BCUT2D eigenvalue weighted by atomic mass is 32.2. The van der Waals surface area contributed by atoms with E-state index < -0.39 is 6.43 Å². The molecule has 0 aliphatic heterocycles. The van der Waals surface area contributed by atoms with Crippen LogP contribution < -0.4 is 0 Å². The summed E-state index contributed by atoms with van der Waals surface area (Å²) in [4.78, 5) is 0. The summed E-state index contributed by atoms with van der Waals surface area (Å²) in [6.45, 7) is -0.0775. The molecule has 0 aromatic carbocycles. The van der Waals surface area contributed by atoms with E-state index in [2.05, 4.69) is 0 Å². The van der Waals surface area contributed by atoms with Crippen LogP contribution >= 0.6 is 11.9 Å². The van der Waals surface area contributed by atoms with Crippen LogP contribution in [0.2, 0.25) is 0 Å². The van der Waals surface area contributed by atoms with Gasteiger partial charge in [0, 0.05) is 6.04 Å². The van der Waals surface area contributed by atoms with Crippen LogP contribution in [0.15, 0.2) is 0 Å². The maximum Gasteiger partial charge on any atom is 0.252 e. The zero-order chi connectivity index (χ0) is 9.68. The maximum absolute atomic E-state index is 12.2. The lowest BCUT2D eigenvalue weighted by molar-refractivity contribution is 0.104. The summed E-state index contributed by atoms with van der Waals surface area (Å²) < 4.78 is 26.2. The third kappa shape index (κ3) is 3.81. The van der Waals surface area contributed by atoms with Crippen molar-refractivity contribution < 1.29 is 8.78 Å². The van der Waals surface area contributed by atoms with Crippen LogP contribution in [0.5, 0.6) is 0 Å². The monoisotopic (exact) mass is 209 g/mol. The molecule has 0 aromatic rings. The first-order valence-electron chi connectivity index (χ1n) is 4.83. The summed E-state index contributed by atoms with van der Waals surface area (Å²) in [7, 11) is 0. The zero-order valence-corrected chi connectivity index (χ0v) is 8.83. The van der Waals surface area contributed by atoms with E-state index in [1.807, 2.05) is 10.6 Å². The lowest BCUT2D eigenvalue weighted by atomic mass is 9.95. The molecular formula is C9H17F2NS. The van der Waals surface area contributed by atoms with Gasteiger partial charge in [0.1, 0.15) is 0 Å². The van der Waals surface area contributed by atoms with Crippen LogP contribution in [0.1, 0.15) is 32.1 Å². The molecule has 0 unspecified atom stereocenters. The van der Waals surface area contributed by atoms with Crippen LogP contribution in [0.3, 0.4) is 0 Å². The molecule has 1 rings (SSSR count). The standard InChI is InChI=1S/C9H17F2NS/c1-13-12(7-9(10)11)8-5-3-2-4-6-8/h8-9H,2-7H2,1H3. The van der Waals surface area contributed by atoms with E-state index in [4.69, 9.17) is 0 Å². The summed E-state index contributed by atoms with van der Waals surface area (Å²) in [6.07, 6.45) is 5.54. The number of alkyl halides is 2. The molecule has 1 fully saturated rings. The van der Waals surface area contributed by atoms with Crippen LogP contribution in [-0.4, -0.2) is 29.6 Å². The number of hydrogen-bond acceptors (Lipinski definition) is 2. The van der Waals surface area contributed by atoms with Gasteiger partial charge in [0.15, 0.2) is 0 Å². The summed E-state index contributed by atoms with van der Waals surface area (Å²) in [5.74, 6) is 0. The first kappa shape index (κ1) is 11.2. The van der Waals surface area contributed by atoms with Gasteiger partial charge >= 0.3 is 0 Å². The minimum Gasteiger partial charge on any atom is -0.242 e. The topological polar surface area (TPSA) is 3.24 Å². The predicted molar refractivity (Wildman–Crippen MR) is 53.1 cm³/mol. The van der Waals surface area contributed by atoms with E-state index in [-0.39, 0.29) is 6.54 Å². The fourth-order valence-electron chi connectivity index (χ4n) is 1.88. The third-order valence-corrected chi connectivity index (χ3v) is 3.45. The third-order valence-electron chi connectivity index (χ3n) is 2.53. The Morgan fingerprint density at radius 3 is 2.38 bits per heavy atom. The molecule has 0 N–H and O–H groups in total. The zero-order valence-electron chi connectivity index (χ0n) is 8.01. The van der Waals surface area contributed by atoms with Crippen LogP contribution in [0, 0.1) is 0 Å². The van der Waals surface area contributed by atoms with Crippen LogP contribution in [-0.2, 0) is 0 Å². The normalized spacial score (nSPS) is 20.1. The molecule has 0 bridgehead atoms. The SMILES string of the molecule is CSN(CC(F)F)C1CCCCC1. The molecular weight excluding hydrogens is 192 g/mol. The number of nitrogens with zero attached hydrogens (tertiary/aromatic N) is 1. The van der Waals surface area contributed by atoms with E-state index in [0.29, 0.717) is 6.04 Å². The van der Waals surface area contributed by atoms with Crippen molar-refractivity contribution in [3.8, 4) is 0 Å².